The summed E-state index contributed by atoms with van der Waals surface area (Å²) in [6, 6.07) is 0. The summed E-state index contributed by atoms with van der Waals surface area (Å²) < 4.78 is 0. The van der Waals surface area contributed by atoms with Crippen LogP contribution in [0.25, 0.3) is 0 Å². The first-order valence-electron chi connectivity index (χ1n) is 3.65. The van der Waals surface area contributed by atoms with Gasteiger partial charge in [0.2, 0.25) is 0 Å². The minimum absolute atomic E-state index is 0.515. The minimum Gasteiger partial charge on any atom is -0.179 e. The molecule has 1 heteroatoms. The second-order valence-corrected chi connectivity index (χ2v) is 4.68. The molecule has 10 heavy (non-hydrogen) atoms. The largest absolute Gasteiger partial charge is 0.179 e. The molecule has 1 aliphatic rings. The lowest BCUT2D eigenvalue weighted by Gasteiger charge is -1.99. The van der Waals surface area contributed by atoms with E-state index in [2.05, 4.69) is 13.2 Å². The van der Waals surface area contributed by atoms with E-state index in [-0.39, 0.29) is 0 Å². The summed E-state index contributed by atoms with van der Waals surface area (Å²) in [4.78, 5) is 1.57. The first-order chi connectivity index (χ1) is 4.88. The summed E-state index contributed by atoms with van der Waals surface area (Å²) in [5, 5.41) is 0. The Bertz CT molecular complexity index is 177. The van der Waals surface area contributed by atoms with E-state index in [0.29, 0.717) is 10.5 Å². The second kappa shape index (κ2) is 3.77. The summed E-state index contributed by atoms with van der Waals surface area (Å²) in [7, 11) is 0.515. The average Bonchev–Trinajstić information content (AvgIpc) is 2.36. The van der Waals surface area contributed by atoms with Crippen molar-refractivity contribution in [2.45, 2.75) is 12.8 Å². The zero-order chi connectivity index (χ0) is 7.40. The molecular formula is C9H14S. The summed E-state index contributed by atoms with van der Waals surface area (Å²) in [5.41, 5.74) is 0. The lowest BCUT2D eigenvalue weighted by molar-refractivity contribution is 1.04. The van der Waals surface area contributed by atoms with Crippen LogP contribution < -0.4 is 0 Å². The van der Waals surface area contributed by atoms with Crippen LogP contribution >= 0.6 is 10.5 Å². The van der Waals surface area contributed by atoms with Crippen LogP contribution in [0.3, 0.4) is 0 Å². The van der Waals surface area contributed by atoms with E-state index < -0.39 is 0 Å². The third-order valence-electron chi connectivity index (χ3n) is 1.73. The van der Waals surface area contributed by atoms with E-state index in [4.69, 9.17) is 0 Å². The molecule has 0 saturated heterocycles. The minimum atomic E-state index is 0.515. The van der Waals surface area contributed by atoms with Gasteiger partial charge in [-0.3, -0.25) is 0 Å². The van der Waals surface area contributed by atoms with Crippen LogP contribution in [0.1, 0.15) is 12.8 Å². The smallest absolute Gasteiger partial charge is 0.00631 e. The topological polar surface area (TPSA) is 0 Å². The first-order valence-corrected chi connectivity index (χ1v) is 5.21. The van der Waals surface area contributed by atoms with Crippen LogP contribution in [0.4, 0.5) is 0 Å². The van der Waals surface area contributed by atoms with E-state index in [0.717, 1.165) is 0 Å². The van der Waals surface area contributed by atoms with Gasteiger partial charge in [0.1, 0.15) is 0 Å². The molecule has 1 heterocycles. The van der Waals surface area contributed by atoms with Crippen LogP contribution in [-0.2, 0) is 0 Å². The molecule has 1 unspecified atom stereocenters. The fourth-order valence-corrected chi connectivity index (χ4v) is 3.34. The van der Waals surface area contributed by atoms with Crippen molar-refractivity contribution in [1.29, 1.82) is 0 Å². The third-order valence-corrected chi connectivity index (χ3v) is 4.26. The lowest BCUT2D eigenvalue weighted by atomic mass is 10.3. The van der Waals surface area contributed by atoms with E-state index in [9.17, 15) is 0 Å². The highest BCUT2D eigenvalue weighted by molar-refractivity contribution is 8.16. The average molecular weight is 154 g/mol. The van der Waals surface area contributed by atoms with Gasteiger partial charge in [-0.05, 0) is 23.5 Å². The van der Waals surface area contributed by atoms with Crippen molar-refractivity contribution >= 4 is 15.3 Å². The highest BCUT2D eigenvalue weighted by atomic mass is 32.2. The van der Waals surface area contributed by atoms with Gasteiger partial charge in [0.15, 0.2) is 0 Å². The van der Waals surface area contributed by atoms with Crippen molar-refractivity contribution in [2.24, 2.45) is 0 Å². The van der Waals surface area contributed by atoms with Crippen LogP contribution in [0.2, 0.25) is 0 Å². The van der Waals surface area contributed by atoms with Gasteiger partial charge in [0.25, 0.3) is 0 Å². The van der Waals surface area contributed by atoms with E-state index in [1.807, 2.05) is 12.2 Å². The molecule has 0 aromatic heterocycles. The molecule has 1 atom stereocenters. The van der Waals surface area contributed by atoms with Crippen LogP contribution in [-0.4, -0.2) is 16.4 Å². The number of hydrogen-bond donors (Lipinski definition) is 0. The van der Waals surface area contributed by atoms with Gasteiger partial charge in [0, 0.05) is 5.75 Å². The fourth-order valence-electron chi connectivity index (χ4n) is 1.25. The molecule has 0 N–H and O–H groups in total. The summed E-state index contributed by atoms with van der Waals surface area (Å²) in [6.45, 7) is 7.56. The Kier molecular flexibility index (Phi) is 2.94. The molecule has 1 aliphatic heterocycles. The number of rotatable bonds is 3. The molecule has 0 nitrogen and oxygen atoms in total. The molecule has 0 aliphatic carbocycles. The molecule has 0 amide bonds. The van der Waals surface area contributed by atoms with Gasteiger partial charge < -0.3 is 0 Å². The highest BCUT2D eigenvalue weighted by Gasteiger charge is 2.08. The second-order valence-electron chi connectivity index (χ2n) is 2.43. The van der Waals surface area contributed by atoms with E-state index in [1.54, 1.807) is 4.86 Å². The molecular weight excluding hydrogens is 140 g/mol. The Labute approximate surface area is 65.6 Å². The molecule has 1 rings (SSSR count). The van der Waals surface area contributed by atoms with Gasteiger partial charge in [-0.15, -0.1) is 6.58 Å². The maximum absolute atomic E-state index is 3.81. The van der Waals surface area contributed by atoms with Crippen LogP contribution in [0.5, 0.6) is 0 Å². The standard InChI is InChI=1S/C9H14S/c1-3-7-10-8-5-6-9(10)4-2/h3-4H,1-2,5-8H2. The summed E-state index contributed by atoms with van der Waals surface area (Å²) in [5.74, 6) is 2.54. The quantitative estimate of drug-likeness (QED) is 0.333. The monoisotopic (exact) mass is 154 g/mol. The Morgan fingerprint density at radius 1 is 1.50 bits per heavy atom. The molecule has 0 radical (unpaired) electrons. The van der Waals surface area contributed by atoms with Crippen LogP contribution in [0, 0.1) is 0 Å². The molecule has 0 aromatic rings. The van der Waals surface area contributed by atoms with Crippen molar-refractivity contribution in [1.82, 2.24) is 0 Å². The van der Waals surface area contributed by atoms with Crippen LogP contribution in [0.15, 0.2) is 25.3 Å². The van der Waals surface area contributed by atoms with Gasteiger partial charge in [-0.2, -0.15) is 10.5 Å². The molecule has 0 spiro atoms. The van der Waals surface area contributed by atoms with Crippen molar-refractivity contribution in [3.63, 3.8) is 0 Å². The SMILES string of the molecule is C=CCS1=C(C=C)CCC1. The van der Waals surface area contributed by atoms with Gasteiger partial charge in [-0.1, -0.05) is 18.7 Å². The predicted molar refractivity (Wildman–Crippen MR) is 52.0 cm³/mol. The van der Waals surface area contributed by atoms with Crippen molar-refractivity contribution in [3.8, 4) is 0 Å². The maximum atomic E-state index is 3.81. The van der Waals surface area contributed by atoms with Gasteiger partial charge in [-0.25, -0.2) is 0 Å². The zero-order valence-corrected chi connectivity index (χ0v) is 7.12. The van der Waals surface area contributed by atoms with Gasteiger partial charge >= 0.3 is 0 Å². The molecule has 0 bridgehead atoms. The normalized spacial score (nSPS) is 24.8. The molecule has 0 aromatic carbocycles. The van der Waals surface area contributed by atoms with E-state index >= 15 is 0 Å². The van der Waals surface area contributed by atoms with Gasteiger partial charge in [0.05, 0.1) is 0 Å². The molecule has 0 saturated carbocycles. The van der Waals surface area contributed by atoms with Crippen molar-refractivity contribution < 1.29 is 0 Å². The number of hydrogen-bond acceptors (Lipinski definition) is 0. The lowest BCUT2D eigenvalue weighted by Crippen LogP contribution is -1.86. The Hall–Kier alpha value is -0.300. The Morgan fingerprint density at radius 2 is 2.30 bits per heavy atom. The summed E-state index contributed by atoms with van der Waals surface area (Å²) in [6.07, 6.45) is 6.70. The fraction of sp³-hybridized carbons (Fsp3) is 0.444. The predicted octanol–water partition coefficient (Wildman–Crippen LogP) is 2.59. The Morgan fingerprint density at radius 3 is 2.90 bits per heavy atom. The Balaban J connectivity index is 2.67. The number of allylic oxidation sites excluding steroid dienone is 1. The van der Waals surface area contributed by atoms with Crippen molar-refractivity contribution in [3.05, 3.63) is 25.3 Å². The summed E-state index contributed by atoms with van der Waals surface area (Å²) >= 11 is 0. The molecule has 56 valence electrons. The maximum Gasteiger partial charge on any atom is 0.00631 e. The first kappa shape index (κ1) is 7.80. The zero-order valence-electron chi connectivity index (χ0n) is 6.31. The van der Waals surface area contributed by atoms with Crippen molar-refractivity contribution in [2.75, 3.05) is 11.5 Å². The van der Waals surface area contributed by atoms with E-state index in [1.165, 1.54) is 24.3 Å². The third kappa shape index (κ3) is 1.60. The highest BCUT2D eigenvalue weighted by Crippen LogP contribution is 2.26. The molecule has 0 fully saturated rings.